The van der Waals surface area contributed by atoms with E-state index in [0.717, 1.165) is 12.5 Å². The maximum absolute atomic E-state index is 9.37. The van der Waals surface area contributed by atoms with Crippen LogP contribution in [0.1, 0.15) is 46.0 Å². The van der Waals surface area contributed by atoms with E-state index in [1.165, 1.54) is 51.9 Å². The van der Waals surface area contributed by atoms with Crippen molar-refractivity contribution in [3.05, 3.63) is 0 Å². The first-order valence-corrected chi connectivity index (χ1v) is 8.27. The molecule has 2 N–H and O–H groups in total. The fraction of sp³-hybridized carbons (Fsp3) is 1.00. The molecule has 0 amide bonds. The van der Waals surface area contributed by atoms with E-state index in [-0.39, 0.29) is 12.1 Å². The van der Waals surface area contributed by atoms with Crippen molar-refractivity contribution in [3.63, 3.8) is 0 Å². The molecule has 120 valence electrons. The van der Waals surface area contributed by atoms with Crippen LogP contribution in [0.15, 0.2) is 0 Å². The molecule has 1 fully saturated rings. The van der Waals surface area contributed by atoms with Gasteiger partial charge in [0.1, 0.15) is 0 Å². The van der Waals surface area contributed by atoms with Gasteiger partial charge in [-0.1, -0.05) is 13.3 Å². The Morgan fingerprint density at radius 1 is 1.30 bits per heavy atom. The standard InChI is InChI=1S/C16H35N3O/c1-5-19-12-8-15(9-13-19)18(4)11-7-6-10-16(2,14-20)17-3/h15,17,20H,5-14H2,1-4H3. The van der Waals surface area contributed by atoms with Crippen LogP contribution >= 0.6 is 0 Å². The van der Waals surface area contributed by atoms with E-state index in [1.807, 2.05) is 7.05 Å². The van der Waals surface area contributed by atoms with Gasteiger partial charge in [0, 0.05) is 11.6 Å². The number of aliphatic hydroxyl groups is 1. The van der Waals surface area contributed by atoms with Crippen LogP contribution in [0, 0.1) is 0 Å². The van der Waals surface area contributed by atoms with Crippen molar-refractivity contribution in [2.24, 2.45) is 0 Å². The molecule has 0 aromatic heterocycles. The Bertz CT molecular complexity index is 248. The van der Waals surface area contributed by atoms with Gasteiger partial charge in [-0.05, 0) is 72.9 Å². The molecule has 0 aromatic carbocycles. The predicted molar refractivity (Wildman–Crippen MR) is 86.2 cm³/mol. The molecular formula is C16H35N3O. The third kappa shape index (κ3) is 5.68. The van der Waals surface area contributed by atoms with Gasteiger partial charge in [-0.15, -0.1) is 0 Å². The summed E-state index contributed by atoms with van der Waals surface area (Å²) in [5.41, 5.74) is -0.106. The normalized spacial score (nSPS) is 21.3. The molecule has 20 heavy (non-hydrogen) atoms. The quantitative estimate of drug-likeness (QED) is 0.630. The third-order valence-corrected chi connectivity index (χ3v) is 5.07. The summed E-state index contributed by atoms with van der Waals surface area (Å²) >= 11 is 0. The highest BCUT2D eigenvalue weighted by Crippen LogP contribution is 2.17. The van der Waals surface area contributed by atoms with E-state index in [4.69, 9.17) is 0 Å². The number of likely N-dealkylation sites (tertiary alicyclic amines) is 1. The first-order valence-electron chi connectivity index (χ1n) is 8.27. The summed E-state index contributed by atoms with van der Waals surface area (Å²) in [7, 11) is 4.21. The van der Waals surface area contributed by atoms with E-state index in [2.05, 4.69) is 36.0 Å². The van der Waals surface area contributed by atoms with Crippen molar-refractivity contribution in [2.45, 2.75) is 57.5 Å². The zero-order valence-corrected chi connectivity index (χ0v) is 14.0. The Balaban J connectivity index is 2.16. The van der Waals surface area contributed by atoms with E-state index in [9.17, 15) is 5.11 Å². The van der Waals surface area contributed by atoms with E-state index in [0.29, 0.717) is 0 Å². The molecule has 0 aromatic rings. The molecule has 4 heteroatoms. The van der Waals surface area contributed by atoms with Gasteiger partial charge >= 0.3 is 0 Å². The van der Waals surface area contributed by atoms with E-state index >= 15 is 0 Å². The van der Waals surface area contributed by atoms with Crippen LogP contribution in [0.4, 0.5) is 0 Å². The van der Waals surface area contributed by atoms with Crippen LogP contribution in [0.5, 0.6) is 0 Å². The van der Waals surface area contributed by atoms with Crippen LogP contribution < -0.4 is 5.32 Å². The van der Waals surface area contributed by atoms with E-state index in [1.54, 1.807) is 0 Å². The van der Waals surface area contributed by atoms with Crippen LogP contribution in [-0.2, 0) is 0 Å². The fourth-order valence-electron chi connectivity index (χ4n) is 3.02. The van der Waals surface area contributed by atoms with Gasteiger partial charge < -0.3 is 20.2 Å². The molecule has 1 saturated heterocycles. The SMILES string of the molecule is CCN1CCC(N(C)CCCCC(C)(CO)NC)CC1. The molecule has 1 unspecified atom stereocenters. The largest absolute Gasteiger partial charge is 0.394 e. The zero-order valence-electron chi connectivity index (χ0n) is 14.0. The predicted octanol–water partition coefficient (Wildman–Crippen LogP) is 1.54. The summed E-state index contributed by atoms with van der Waals surface area (Å²) in [6.07, 6.45) is 6.07. The van der Waals surface area contributed by atoms with Gasteiger partial charge in [-0.25, -0.2) is 0 Å². The highest BCUT2D eigenvalue weighted by Gasteiger charge is 2.22. The summed E-state index contributed by atoms with van der Waals surface area (Å²) in [5.74, 6) is 0. The highest BCUT2D eigenvalue weighted by atomic mass is 16.3. The second-order valence-electron chi connectivity index (χ2n) is 6.57. The molecule has 0 bridgehead atoms. The van der Waals surface area contributed by atoms with Crippen LogP contribution in [0.2, 0.25) is 0 Å². The number of rotatable bonds is 9. The molecule has 0 spiro atoms. The van der Waals surface area contributed by atoms with Crippen LogP contribution in [0.3, 0.4) is 0 Å². The number of nitrogens with one attached hydrogen (secondary N) is 1. The Kier molecular flexibility index (Phi) is 8.03. The molecule has 1 rings (SSSR count). The molecule has 4 nitrogen and oxygen atoms in total. The molecule has 1 atom stereocenters. The van der Waals surface area contributed by atoms with Crippen molar-refractivity contribution in [1.82, 2.24) is 15.1 Å². The van der Waals surface area contributed by atoms with Crippen molar-refractivity contribution in [3.8, 4) is 0 Å². The maximum Gasteiger partial charge on any atom is 0.0610 e. The van der Waals surface area contributed by atoms with Gasteiger partial charge in [0.15, 0.2) is 0 Å². The summed E-state index contributed by atoms with van der Waals surface area (Å²) < 4.78 is 0. The average Bonchev–Trinajstić information content (AvgIpc) is 2.51. The average molecular weight is 285 g/mol. The van der Waals surface area contributed by atoms with Gasteiger partial charge in [0.2, 0.25) is 0 Å². The summed E-state index contributed by atoms with van der Waals surface area (Å²) in [6, 6.07) is 0.770. The topological polar surface area (TPSA) is 38.7 Å². The van der Waals surface area contributed by atoms with Crippen LogP contribution in [0.25, 0.3) is 0 Å². The van der Waals surface area contributed by atoms with E-state index < -0.39 is 0 Å². The summed E-state index contributed by atoms with van der Waals surface area (Å²) in [5, 5.41) is 12.6. The minimum atomic E-state index is -0.106. The lowest BCUT2D eigenvalue weighted by Crippen LogP contribution is -2.44. The number of piperidine rings is 1. The number of hydrogen-bond acceptors (Lipinski definition) is 4. The van der Waals surface area contributed by atoms with Gasteiger partial charge in [-0.2, -0.15) is 0 Å². The first-order chi connectivity index (χ1) is 9.54. The fourth-order valence-corrected chi connectivity index (χ4v) is 3.02. The summed E-state index contributed by atoms with van der Waals surface area (Å²) in [4.78, 5) is 5.09. The monoisotopic (exact) mass is 285 g/mol. The number of likely N-dealkylation sites (N-methyl/N-ethyl adjacent to an activating group) is 1. The second kappa shape index (κ2) is 8.98. The molecule has 1 aliphatic rings. The van der Waals surface area contributed by atoms with Gasteiger partial charge in [-0.3, -0.25) is 0 Å². The lowest BCUT2D eigenvalue weighted by atomic mass is 9.96. The Morgan fingerprint density at radius 3 is 2.45 bits per heavy atom. The second-order valence-corrected chi connectivity index (χ2v) is 6.57. The number of aliphatic hydroxyl groups excluding tert-OH is 1. The van der Waals surface area contributed by atoms with Crippen molar-refractivity contribution < 1.29 is 5.11 Å². The Labute approximate surface area is 125 Å². The minimum Gasteiger partial charge on any atom is -0.394 e. The number of nitrogens with zero attached hydrogens (tertiary/aromatic N) is 2. The van der Waals surface area contributed by atoms with Crippen molar-refractivity contribution >= 4 is 0 Å². The van der Waals surface area contributed by atoms with Crippen LogP contribution in [-0.4, -0.2) is 73.4 Å². The molecule has 1 aliphatic heterocycles. The molecule has 1 heterocycles. The van der Waals surface area contributed by atoms with Gasteiger partial charge in [0.25, 0.3) is 0 Å². The maximum atomic E-state index is 9.37. The lowest BCUT2D eigenvalue weighted by molar-refractivity contribution is 0.127. The smallest absolute Gasteiger partial charge is 0.0610 e. The van der Waals surface area contributed by atoms with Crippen molar-refractivity contribution in [1.29, 1.82) is 0 Å². The van der Waals surface area contributed by atoms with Gasteiger partial charge in [0.05, 0.1) is 6.61 Å². The third-order valence-electron chi connectivity index (χ3n) is 5.07. The number of hydrogen-bond donors (Lipinski definition) is 2. The molecule has 0 radical (unpaired) electrons. The summed E-state index contributed by atoms with van der Waals surface area (Å²) in [6.45, 7) is 9.46. The van der Waals surface area contributed by atoms with Crippen molar-refractivity contribution in [2.75, 3.05) is 46.9 Å². The Hall–Kier alpha value is -0.160. The molecule has 0 saturated carbocycles. The molecular weight excluding hydrogens is 250 g/mol. The first kappa shape index (κ1) is 17.9. The highest BCUT2D eigenvalue weighted by molar-refractivity contribution is 4.81. The number of unbranched alkanes of at least 4 members (excludes halogenated alkanes) is 1. The minimum absolute atomic E-state index is 0.106. The Morgan fingerprint density at radius 2 is 1.95 bits per heavy atom. The molecule has 0 aliphatic carbocycles. The lowest BCUT2D eigenvalue weighted by Gasteiger charge is -2.36. The zero-order chi connectivity index (χ0) is 15.0.